The molecule has 18 heavy (non-hydrogen) atoms. The first kappa shape index (κ1) is 14.3. The highest BCUT2D eigenvalue weighted by Crippen LogP contribution is 2.24. The zero-order chi connectivity index (χ0) is 12.8. The number of hydrogen-bond donors (Lipinski definition) is 2. The van der Waals surface area contributed by atoms with Crippen molar-refractivity contribution in [2.45, 2.75) is 76.4 Å². The predicted octanol–water partition coefficient (Wildman–Crippen LogP) is 2.14. The van der Waals surface area contributed by atoms with Gasteiger partial charge in [0.15, 0.2) is 0 Å². The minimum Gasteiger partial charge on any atom is -0.396 e. The monoisotopic (exact) mass is 254 g/mol. The summed E-state index contributed by atoms with van der Waals surface area (Å²) >= 11 is 0. The first-order valence-corrected chi connectivity index (χ1v) is 7.91. The molecule has 3 heteroatoms. The highest BCUT2D eigenvalue weighted by atomic mass is 16.3. The van der Waals surface area contributed by atoms with Gasteiger partial charge in [0.05, 0.1) is 0 Å². The Morgan fingerprint density at radius 3 is 2.78 bits per heavy atom. The SMILES string of the molecule is CC(CC1CCCCN1)N1CCCCC1CCO. The van der Waals surface area contributed by atoms with E-state index in [0.29, 0.717) is 18.7 Å². The molecule has 2 fully saturated rings. The third-order valence-corrected chi connectivity index (χ3v) is 4.74. The third kappa shape index (κ3) is 3.94. The van der Waals surface area contributed by atoms with E-state index in [1.54, 1.807) is 0 Å². The molecule has 0 aliphatic carbocycles. The summed E-state index contributed by atoms with van der Waals surface area (Å²) in [6.45, 7) is 5.16. The van der Waals surface area contributed by atoms with Crippen LogP contribution < -0.4 is 5.32 Å². The predicted molar refractivity (Wildman–Crippen MR) is 75.8 cm³/mol. The van der Waals surface area contributed by atoms with Crippen molar-refractivity contribution < 1.29 is 5.11 Å². The first-order valence-electron chi connectivity index (χ1n) is 7.91. The van der Waals surface area contributed by atoms with Gasteiger partial charge in [0.1, 0.15) is 0 Å². The maximum absolute atomic E-state index is 9.20. The number of rotatable bonds is 5. The molecule has 2 saturated heterocycles. The van der Waals surface area contributed by atoms with Crippen LogP contribution in [-0.4, -0.2) is 47.8 Å². The van der Waals surface area contributed by atoms with Gasteiger partial charge < -0.3 is 10.4 Å². The van der Waals surface area contributed by atoms with E-state index >= 15 is 0 Å². The largest absolute Gasteiger partial charge is 0.396 e. The molecule has 0 radical (unpaired) electrons. The van der Waals surface area contributed by atoms with Crippen molar-refractivity contribution in [3.8, 4) is 0 Å². The lowest BCUT2D eigenvalue weighted by atomic mass is 9.93. The molecule has 2 heterocycles. The summed E-state index contributed by atoms with van der Waals surface area (Å²) in [5.74, 6) is 0. The van der Waals surface area contributed by atoms with Crippen LogP contribution in [0, 0.1) is 0 Å². The Morgan fingerprint density at radius 1 is 1.22 bits per heavy atom. The smallest absolute Gasteiger partial charge is 0.0445 e. The average Bonchev–Trinajstić information content (AvgIpc) is 2.41. The van der Waals surface area contributed by atoms with E-state index in [0.717, 1.165) is 12.5 Å². The molecule has 0 spiro atoms. The van der Waals surface area contributed by atoms with Crippen molar-refractivity contribution in [2.75, 3.05) is 19.7 Å². The zero-order valence-corrected chi connectivity index (χ0v) is 11.9. The highest BCUT2D eigenvalue weighted by Gasteiger charge is 2.27. The molecule has 0 aromatic rings. The molecule has 106 valence electrons. The number of nitrogens with one attached hydrogen (secondary N) is 1. The van der Waals surface area contributed by atoms with Gasteiger partial charge >= 0.3 is 0 Å². The van der Waals surface area contributed by atoms with Crippen molar-refractivity contribution in [2.24, 2.45) is 0 Å². The molecule has 3 unspecified atom stereocenters. The fourth-order valence-corrected chi connectivity index (χ4v) is 3.73. The summed E-state index contributed by atoms with van der Waals surface area (Å²) < 4.78 is 0. The highest BCUT2D eigenvalue weighted by molar-refractivity contribution is 4.84. The molecule has 2 N–H and O–H groups in total. The van der Waals surface area contributed by atoms with E-state index in [1.807, 2.05) is 0 Å². The van der Waals surface area contributed by atoms with Gasteiger partial charge in [-0.3, -0.25) is 4.90 Å². The number of aliphatic hydroxyl groups excluding tert-OH is 1. The Kier molecular flexibility index (Phi) is 5.93. The summed E-state index contributed by atoms with van der Waals surface area (Å²) in [5, 5.41) is 12.9. The second-order valence-corrected chi connectivity index (χ2v) is 6.13. The maximum Gasteiger partial charge on any atom is 0.0445 e. The molecule has 3 atom stereocenters. The molecule has 0 aromatic heterocycles. The number of nitrogens with zero attached hydrogens (tertiary/aromatic N) is 1. The van der Waals surface area contributed by atoms with Crippen molar-refractivity contribution in [3.05, 3.63) is 0 Å². The normalized spacial score (nSPS) is 32.3. The van der Waals surface area contributed by atoms with E-state index in [1.165, 1.54) is 58.0 Å². The van der Waals surface area contributed by atoms with Gasteiger partial charge in [-0.15, -0.1) is 0 Å². The van der Waals surface area contributed by atoms with E-state index in [9.17, 15) is 5.11 Å². The maximum atomic E-state index is 9.20. The minimum absolute atomic E-state index is 0.343. The lowest BCUT2D eigenvalue weighted by Gasteiger charge is -2.41. The number of likely N-dealkylation sites (tertiary alicyclic amines) is 1. The molecule has 0 bridgehead atoms. The Bertz CT molecular complexity index is 227. The molecule has 2 rings (SSSR count). The van der Waals surface area contributed by atoms with Gasteiger partial charge in [-0.25, -0.2) is 0 Å². The summed E-state index contributed by atoms with van der Waals surface area (Å²) in [5.41, 5.74) is 0. The molecular formula is C15H30N2O. The lowest BCUT2D eigenvalue weighted by Crippen LogP contribution is -2.48. The van der Waals surface area contributed by atoms with Crippen LogP contribution in [0.2, 0.25) is 0 Å². The van der Waals surface area contributed by atoms with Crippen molar-refractivity contribution >= 4 is 0 Å². The van der Waals surface area contributed by atoms with Crippen LogP contribution in [0.3, 0.4) is 0 Å². The van der Waals surface area contributed by atoms with Gasteiger partial charge in [-0.05, 0) is 58.5 Å². The lowest BCUT2D eigenvalue weighted by molar-refractivity contribution is 0.0724. The number of hydrogen-bond acceptors (Lipinski definition) is 3. The average molecular weight is 254 g/mol. The van der Waals surface area contributed by atoms with Gasteiger partial charge in [-0.1, -0.05) is 12.8 Å². The Balaban J connectivity index is 1.82. The van der Waals surface area contributed by atoms with Crippen LogP contribution in [0.15, 0.2) is 0 Å². The summed E-state index contributed by atoms with van der Waals surface area (Å²) in [6.07, 6.45) is 10.3. The standard InChI is InChI=1S/C15H30N2O/c1-13(12-14-6-2-4-9-16-14)17-10-5-3-7-15(17)8-11-18/h13-16,18H,2-12H2,1H3. The van der Waals surface area contributed by atoms with Gasteiger partial charge in [0.2, 0.25) is 0 Å². The fourth-order valence-electron chi connectivity index (χ4n) is 3.73. The molecule has 0 saturated carbocycles. The molecule has 2 aliphatic rings. The quantitative estimate of drug-likeness (QED) is 0.789. The Morgan fingerprint density at radius 2 is 2.06 bits per heavy atom. The van der Waals surface area contributed by atoms with E-state index < -0.39 is 0 Å². The van der Waals surface area contributed by atoms with Gasteiger partial charge in [0, 0.05) is 24.7 Å². The van der Waals surface area contributed by atoms with Crippen LogP contribution in [0.1, 0.15) is 58.3 Å². The van der Waals surface area contributed by atoms with E-state index in [2.05, 4.69) is 17.1 Å². The Hall–Kier alpha value is -0.120. The topological polar surface area (TPSA) is 35.5 Å². The second kappa shape index (κ2) is 7.46. The zero-order valence-electron chi connectivity index (χ0n) is 11.9. The van der Waals surface area contributed by atoms with Gasteiger partial charge in [-0.2, -0.15) is 0 Å². The second-order valence-electron chi connectivity index (χ2n) is 6.13. The summed E-state index contributed by atoms with van der Waals surface area (Å²) in [4.78, 5) is 2.66. The van der Waals surface area contributed by atoms with E-state index in [-0.39, 0.29) is 0 Å². The van der Waals surface area contributed by atoms with E-state index in [4.69, 9.17) is 0 Å². The molecular weight excluding hydrogens is 224 g/mol. The Labute approximate surface area is 112 Å². The van der Waals surface area contributed by atoms with Gasteiger partial charge in [0.25, 0.3) is 0 Å². The van der Waals surface area contributed by atoms with Crippen LogP contribution in [0.4, 0.5) is 0 Å². The van der Waals surface area contributed by atoms with Crippen molar-refractivity contribution in [1.82, 2.24) is 10.2 Å². The van der Waals surface area contributed by atoms with Crippen LogP contribution in [0.25, 0.3) is 0 Å². The fraction of sp³-hybridized carbons (Fsp3) is 1.00. The summed E-state index contributed by atoms with van der Waals surface area (Å²) in [6, 6.07) is 2.02. The summed E-state index contributed by atoms with van der Waals surface area (Å²) in [7, 11) is 0. The van der Waals surface area contributed by atoms with Crippen molar-refractivity contribution in [3.63, 3.8) is 0 Å². The third-order valence-electron chi connectivity index (χ3n) is 4.74. The number of aliphatic hydroxyl groups is 1. The van der Waals surface area contributed by atoms with Crippen LogP contribution >= 0.6 is 0 Å². The molecule has 3 nitrogen and oxygen atoms in total. The molecule has 2 aliphatic heterocycles. The van der Waals surface area contributed by atoms with Crippen LogP contribution in [0.5, 0.6) is 0 Å². The van der Waals surface area contributed by atoms with Crippen molar-refractivity contribution in [1.29, 1.82) is 0 Å². The minimum atomic E-state index is 0.343. The first-order chi connectivity index (χ1) is 8.81. The molecule has 0 amide bonds. The van der Waals surface area contributed by atoms with Crippen LogP contribution in [-0.2, 0) is 0 Å². The number of piperidine rings is 2. The molecule has 0 aromatic carbocycles.